The van der Waals surface area contributed by atoms with E-state index in [4.69, 9.17) is 5.73 Å². The number of primary amides is 1. The van der Waals surface area contributed by atoms with Crippen LogP contribution >= 0.6 is 0 Å². The van der Waals surface area contributed by atoms with Crippen LogP contribution in [0.1, 0.15) is 104 Å². The van der Waals surface area contributed by atoms with Crippen LogP contribution in [0.25, 0.3) is 0 Å². The van der Waals surface area contributed by atoms with E-state index in [0.29, 0.717) is 16.8 Å². The van der Waals surface area contributed by atoms with Crippen molar-refractivity contribution in [2.75, 3.05) is 6.54 Å². The van der Waals surface area contributed by atoms with Gasteiger partial charge in [0.25, 0.3) is 5.91 Å². The summed E-state index contributed by atoms with van der Waals surface area (Å²) in [7, 11) is 0. The second-order valence-corrected chi connectivity index (χ2v) is 12.8. The fourth-order valence-electron chi connectivity index (χ4n) is 7.28. The van der Waals surface area contributed by atoms with Crippen molar-refractivity contribution in [2.45, 2.75) is 116 Å². The monoisotopic (exact) mass is 494 g/mol. The van der Waals surface area contributed by atoms with E-state index in [1.807, 2.05) is 30.3 Å². The molecule has 1 aliphatic carbocycles. The van der Waals surface area contributed by atoms with Gasteiger partial charge in [0.1, 0.15) is 0 Å². The van der Waals surface area contributed by atoms with Gasteiger partial charge in [0.15, 0.2) is 6.04 Å². The van der Waals surface area contributed by atoms with Gasteiger partial charge in [-0.3, -0.25) is 4.79 Å². The number of nitrogens with two attached hydrogens (primary N) is 1. The molecule has 1 aliphatic heterocycles. The Bertz CT molecular complexity index is 937. The van der Waals surface area contributed by atoms with E-state index in [2.05, 4.69) is 40.7 Å². The van der Waals surface area contributed by atoms with Crippen LogP contribution in [0, 0.1) is 28.6 Å². The molecule has 1 saturated carbocycles. The predicted octanol–water partition coefficient (Wildman–Crippen LogP) is 6.26. The van der Waals surface area contributed by atoms with Gasteiger partial charge in [-0.1, -0.05) is 71.4 Å². The van der Waals surface area contributed by atoms with Crippen LogP contribution in [0.2, 0.25) is 0 Å². The van der Waals surface area contributed by atoms with E-state index in [0.717, 1.165) is 69.9 Å². The molecule has 1 saturated heterocycles. The summed E-state index contributed by atoms with van der Waals surface area (Å²) in [6, 6.07) is 12.5. The Morgan fingerprint density at radius 1 is 1.06 bits per heavy atom. The summed E-state index contributed by atoms with van der Waals surface area (Å²) < 4.78 is 0.290. The number of carbonyl (C=O) groups is 2. The minimum absolute atomic E-state index is 0.176. The van der Waals surface area contributed by atoms with Crippen molar-refractivity contribution >= 4 is 11.8 Å². The molecule has 1 unspecified atom stereocenters. The summed E-state index contributed by atoms with van der Waals surface area (Å²) in [5.74, 6) is 0.718. The first-order chi connectivity index (χ1) is 17.0. The number of likely N-dealkylation sites (tertiary alicyclic amines) is 1. The van der Waals surface area contributed by atoms with Crippen molar-refractivity contribution in [2.24, 2.45) is 23.0 Å². The highest BCUT2D eigenvalue weighted by Crippen LogP contribution is 2.44. The summed E-state index contributed by atoms with van der Waals surface area (Å²) in [5.41, 5.74) is 6.68. The number of rotatable bonds is 9. The van der Waals surface area contributed by atoms with Gasteiger partial charge in [0.05, 0.1) is 30.5 Å². The second-order valence-electron chi connectivity index (χ2n) is 12.8. The fraction of sp³-hybridized carbons (Fsp3) is 0.710. The Labute approximate surface area is 219 Å². The maximum atomic E-state index is 14.0. The van der Waals surface area contributed by atoms with E-state index in [-0.39, 0.29) is 35.2 Å². The van der Waals surface area contributed by atoms with Crippen molar-refractivity contribution in [1.29, 1.82) is 5.26 Å². The molecule has 36 heavy (non-hydrogen) atoms. The predicted molar refractivity (Wildman–Crippen MR) is 145 cm³/mol. The van der Waals surface area contributed by atoms with E-state index >= 15 is 0 Å². The molecule has 0 aromatic heterocycles. The zero-order chi connectivity index (χ0) is 26.6. The summed E-state index contributed by atoms with van der Waals surface area (Å²) in [6.07, 6.45) is 8.57. The van der Waals surface area contributed by atoms with E-state index in [1.165, 1.54) is 0 Å². The molecule has 0 radical (unpaired) electrons. The molecule has 2 N–H and O–H groups in total. The maximum Gasteiger partial charge on any atom is 0.314 e. The number of quaternary nitrogens is 1. The lowest BCUT2D eigenvalue weighted by Gasteiger charge is -2.47. The SMILES string of the molecule is CC(C)[C@@](C#N)(CCCCC(=O)[N@@+]1(C2CCC(C(C)(C)C)CC2)CCCC1C(N)=O)c1ccccc1. The molecule has 2 amide bonds. The Kier molecular flexibility index (Phi) is 9.04. The van der Waals surface area contributed by atoms with Crippen molar-refractivity contribution in [1.82, 2.24) is 0 Å². The molecule has 5 heteroatoms. The van der Waals surface area contributed by atoms with E-state index in [9.17, 15) is 14.9 Å². The Hall–Kier alpha value is -2.19. The average molecular weight is 495 g/mol. The van der Waals surface area contributed by atoms with Crippen LogP contribution in [0.3, 0.4) is 0 Å². The van der Waals surface area contributed by atoms with Crippen LogP contribution in [-0.2, 0) is 15.0 Å². The van der Waals surface area contributed by atoms with Crippen LogP contribution in [0.15, 0.2) is 30.3 Å². The zero-order valence-electron chi connectivity index (χ0n) is 23.3. The van der Waals surface area contributed by atoms with Gasteiger partial charge in [-0.15, -0.1) is 0 Å². The maximum absolute atomic E-state index is 14.0. The van der Waals surface area contributed by atoms with Crippen LogP contribution in [0.4, 0.5) is 0 Å². The van der Waals surface area contributed by atoms with Crippen LogP contribution < -0.4 is 5.73 Å². The summed E-state index contributed by atoms with van der Waals surface area (Å²) >= 11 is 0. The molecule has 2 fully saturated rings. The minimum Gasteiger partial charge on any atom is -0.364 e. The zero-order valence-corrected chi connectivity index (χ0v) is 23.3. The Balaban J connectivity index is 1.72. The first-order valence-corrected chi connectivity index (χ1v) is 14.2. The Morgan fingerprint density at radius 3 is 2.22 bits per heavy atom. The lowest BCUT2D eigenvalue weighted by atomic mass is 9.69. The average Bonchev–Trinajstić information content (AvgIpc) is 3.31. The van der Waals surface area contributed by atoms with Crippen molar-refractivity contribution in [3.63, 3.8) is 0 Å². The van der Waals surface area contributed by atoms with Crippen molar-refractivity contribution < 1.29 is 14.1 Å². The van der Waals surface area contributed by atoms with E-state index < -0.39 is 5.41 Å². The number of benzene rings is 1. The molecule has 3 rings (SSSR count). The van der Waals surface area contributed by atoms with Gasteiger partial charge < -0.3 is 5.73 Å². The quantitative estimate of drug-likeness (QED) is 0.325. The highest BCUT2D eigenvalue weighted by atomic mass is 16.2. The topological polar surface area (TPSA) is 83.9 Å². The van der Waals surface area contributed by atoms with Gasteiger partial charge in [-0.05, 0) is 48.5 Å². The third-order valence-corrected chi connectivity index (χ3v) is 9.61. The van der Waals surface area contributed by atoms with Crippen LogP contribution in [0.5, 0.6) is 0 Å². The Morgan fingerprint density at radius 2 is 1.69 bits per heavy atom. The summed E-state index contributed by atoms with van der Waals surface area (Å²) in [5, 5.41) is 10.2. The van der Waals surface area contributed by atoms with E-state index in [1.54, 1.807) is 0 Å². The molecule has 1 heterocycles. The number of hydrogen-bond acceptors (Lipinski definition) is 3. The van der Waals surface area contributed by atoms with Gasteiger partial charge in [-0.2, -0.15) is 5.26 Å². The van der Waals surface area contributed by atoms with Gasteiger partial charge in [0.2, 0.25) is 0 Å². The fourth-order valence-corrected chi connectivity index (χ4v) is 7.28. The van der Waals surface area contributed by atoms with Crippen molar-refractivity contribution in [3.05, 3.63) is 35.9 Å². The molecule has 0 spiro atoms. The highest BCUT2D eigenvalue weighted by Gasteiger charge is 2.55. The van der Waals surface area contributed by atoms with Gasteiger partial charge in [0, 0.05) is 25.7 Å². The molecule has 5 nitrogen and oxygen atoms in total. The number of nitriles is 1. The van der Waals surface area contributed by atoms with Crippen molar-refractivity contribution in [3.8, 4) is 6.07 Å². The molecular formula is C31H48N3O2+. The summed E-state index contributed by atoms with van der Waals surface area (Å²) in [6.45, 7) is 11.9. The molecular weight excluding hydrogens is 446 g/mol. The number of amides is 2. The normalized spacial score (nSPS) is 28.4. The number of carbonyl (C=O) groups excluding carboxylic acids is 2. The molecule has 3 atom stereocenters. The standard InChI is InChI=1S/C31H47N3O2/c1-23(2)31(22-32,25-12-7-6-8-13-25)20-10-9-15-28(35)34(21-11-14-27(34)29(33)36)26-18-16-24(17-19-26)30(3,4)5/h6-8,12-13,23-24,26-27H,9-11,14-21H2,1-5H3,(H-,33,36)/p+1/t24?,26?,27?,31-,34+/m0/s1. The largest absolute Gasteiger partial charge is 0.364 e. The number of nitrogens with zero attached hydrogens (tertiary/aromatic N) is 2. The van der Waals surface area contributed by atoms with Gasteiger partial charge in [-0.25, -0.2) is 9.28 Å². The molecule has 2 aliphatic rings. The lowest BCUT2D eigenvalue weighted by molar-refractivity contribution is -0.884. The highest BCUT2D eigenvalue weighted by molar-refractivity contribution is 5.82. The smallest absolute Gasteiger partial charge is 0.314 e. The third-order valence-electron chi connectivity index (χ3n) is 9.61. The van der Waals surface area contributed by atoms with Gasteiger partial charge >= 0.3 is 5.91 Å². The first kappa shape index (κ1) is 28.4. The molecule has 0 bridgehead atoms. The molecule has 1 aromatic rings. The molecule has 198 valence electrons. The summed E-state index contributed by atoms with van der Waals surface area (Å²) in [4.78, 5) is 26.5. The number of unbranched alkanes of at least 4 members (excludes halogenated alkanes) is 1. The minimum atomic E-state index is -0.550. The van der Waals surface area contributed by atoms with Crippen LogP contribution in [-0.4, -0.2) is 34.9 Å². The molecule has 1 aromatic carbocycles. The third kappa shape index (κ3) is 5.54. The first-order valence-electron chi connectivity index (χ1n) is 14.2. The lowest BCUT2D eigenvalue weighted by Crippen LogP contribution is -2.65. The second kappa shape index (κ2) is 11.5. The number of hydrogen-bond donors (Lipinski definition) is 1.